The van der Waals surface area contributed by atoms with Crippen LogP contribution in [-0.2, 0) is 23.0 Å². The van der Waals surface area contributed by atoms with Crippen LogP contribution in [0.2, 0.25) is 0 Å². The molecule has 1 aromatic carbocycles. The zero-order valence-electron chi connectivity index (χ0n) is 16.2. The van der Waals surface area contributed by atoms with Gasteiger partial charge in [0.1, 0.15) is 10.7 Å². The first kappa shape index (κ1) is 18.7. The zero-order valence-corrected chi connectivity index (χ0v) is 17.1. The number of para-hydroxylation sites is 1. The summed E-state index contributed by atoms with van der Waals surface area (Å²) < 4.78 is 32.3. The Morgan fingerprint density at radius 3 is 2.83 bits per heavy atom. The third kappa shape index (κ3) is 3.21. The number of aryl methyl sites for hydroxylation is 1. The SMILES string of the molecule is Cc1oncc1S(=O)(=O)N1CCc2c(ccnc2Nc2cnc3ccccc3c2)C1. The van der Waals surface area contributed by atoms with E-state index < -0.39 is 10.0 Å². The number of anilines is 2. The van der Waals surface area contributed by atoms with Gasteiger partial charge in [-0.1, -0.05) is 23.4 Å². The van der Waals surface area contributed by atoms with Gasteiger partial charge in [-0.25, -0.2) is 13.4 Å². The van der Waals surface area contributed by atoms with Crippen molar-refractivity contribution in [3.05, 3.63) is 71.9 Å². The van der Waals surface area contributed by atoms with Crippen LogP contribution in [-0.4, -0.2) is 34.4 Å². The van der Waals surface area contributed by atoms with Crippen molar-refractivity contribution in [1.29, 1.82) is 0 Å². The maximum absolute atomic E-state index is 13.0. The van der Waals surface area contributed by atoms with E-state index >= 15 is 0 Å². The lowest BCUT2D eigenvalue weighted by Crippen LogP contribution is -2.36. The minimum absolute atomic E-state index is 0.112. The van der Waals surface area contributed by atoms with Crippen LogP contribution < -0.4 is 5.32 Å². The summed E-state index contributed by atoms with van der Waals surface area (Å²) in [5.74, 6) is 1.02. The molecule has 4 heterocycles. The van der Waals surface area contributed by atoms with Crippen LogP contribution in [0.1, 0.15) is 16.9 Å². The Hall–Kier alpha value is -3.30. The van der Waals surface area contributed by atoms with Gasteiger partial charge in [-0.2, -0.15) is 4.31 Å². The van der Waals surface area contributed by atoms with Crippen molar-refractivity contribution in [3.8, 4) is 0 Å². The number of benzene rings is 1. The third-order valence-corrected chi connectivity index (χ3v) is 7.23. The molecule has 0 spiro atoms. The minimum Gasteiger partial charge on any atom is -0.360 e. The fourth-order valence-corrected chi connectivity index (χ4v) is 5.23. The Labute approximate surface area is 173 Å². The molecule has 0 unspecified atom stereocenters. The molecule has 1 N–H and O–H groups in total. The lowest BCUT2D eigenvalue weighted by atomic mass is 10.0. The molecule has 0 fully saturated rings. The van der Waals surface area contributed by atoms with Crippen LogP contribution in [0.3, 0.4) is 0 Å². The van der Waals surface area contributed by atoms with Crippen molar-refractivity contribution in [3.63, 3.8) is 0 Å². The van der Waals surface area contributed by atoms with Crippen molar-refractivity contribution in [1.82, 2.24) is 19.4 Å². The largest absolute Gasteiger partial charge is 0.360 e. The molecule has 3 aromatic heterocycles. The average molecular weight is 421 g/mol. The van der Waals surface area contributed by atoms with Gasteiger partial charge in [0.05, 0.1) is 23.6 Å². The number of nitrogens with zero attached hydrogens (tertiary/aromatic N) is 4. The molecule has 4 aromatic rings. The van der Waals surface area contributed by atoms with E-state index in [1.54, 1.807) is 19.3 Å². The molecular formula is C21H19N5O3S. The Balaban J connectivity index is 1.43. The lowest BCUT2D eigenvalue weighted by molar-refractivity contribution is 0.382. The molecule has 152 valence electrons. The number of fused-ring (bicyclic) bond motifs is 2. The van der Waals surface area contributed by atoms with Crippen molar-refractivity contribution < 1.29 is 12.9 Å². The molecule has 30 heavy (non-hydrogen) atoms. The number of aromatic nitrogens is 3. The number of pyridine rings is 2. The second-order valence-electron chi connectivity index (χ2n) is 7.17. The van der Waals surface area contributed by atoms with Crippen molar-refractivity contribution in [2.75, 3.05) is 11.9 Å². The molecule has 9 heteroatoms. The summed E-state index contributed by atoms with van der Waals surface area (Å²) in [4.78, 5) is 9.08. The molecule has 0 atom stereocenters. The Bertz CT molecular complexity index is 1350. The van der Waals surface area contributed by atoms with E-state index in [9.17, 15) is 8.42 Å². The maximum Gasteiger partial charge on any atom is 0.248 e. The van der Waals surface area contributed by atoms with Crippen LogP contribution in [0.15, 0.2) is 64.4 Å². The molecule has 0 saturated carbocycles. The third-order valence-electron chi connectivity index (χ3n) is 5.29. The molecule has 1 aliphatic heterocycles. The van der Waals surface area contributed by atoms with E-state index in [0.717, 1.165) is 33.5 Å². The van der Waals surface area contributed by atoms with Crippen molar-refractivity contribution in [2.24, 2.45) is 0 Å². The van der Waals surface area contributed by atoms with Crippen LogP contribution in [0.4, 0.5) is 11.5 Å². The van der Waals surface area contributed by atoms with E-state index in [1.807, 2.05) is 36.4 Å². The number of hydrogen-bond acceptors (Lipinski definition) is 7. The Morgan fingerprint density at radius 1 is 1.13 bits per heavy atom. The number of hydrogen-bond donors (Lipinski definition) is 1. The van der Waals surface area contributed by atoms with Gasteiger partial charge in [0, 0.05) is 30.2 Å². The summed E-state index contributed by atoms with van der Waals surface area (Å²) in [6, 6.07) is 11.8. The predicted octanol–water partition coefficient (Wildman–Crippen LogP) is 3.42. The van der Waals surface area contributed by atoms with Crippen LogP contribution in [0.5, 0.6) is 0 Å². The second-order valence-corrected chi connectivity index (χ2v) is 9.08. The second kappa shape index (κ2) is 7.19. The molecule has 5 rings (SSSR count). The standard InChI is InChI=1S/C21H19N5O3S/c1-14-20(12-24-29-14)30(27,28)26-9-7-18-16(13-26)6-8-22-21(18)25-17-10-15-4-2-3-5-19(15)23-11-17/h2-6,8,10-12H,7,9,13H2,1H3,(H,22,25). The summed E-state index contributed by atoms with van der Waals surface area (Å²) in [7, 11) is -3.66. The summed E-state index contributed by atoms with van der Waals surface area (Å²) in [6.45, 7) is 2.23. The molecule has 0 bridgehead atoms. The molecule has 0 aliphatic carbocycles. The number of sulfonamides is 1. The molecule has 0 saturated heterocycles. The summed E-state index contributed by atoms with van der Waals surface area (Å²) in [5, 5.41) is 7.99. The van der Waals surface area contributed by atoms with Gasteiger partial charge in [0.2, 0.25) is 10.0 Å². The van der Waals surface area contributed by atoms with Gasteiger partial charge in [-0.15, -0.1) is 0 Å². The van der Waals surface area contributed by atoms with Crippen LogP contribution in [0.25, 0.3) is 10.9 Å². The summed E-state index contributed by atoms with van der Waals surface area (Å²) >= 11 is 0. The quantitative estimate of drug-likeness (QED) is 0.539. The first-order valence-corrected chi connectivity index (χ1v) is 11.0. The lowest BCUT2D eigenvalue weighted by Gasteiger charge is -2.28. The van der Waals surface area contributed by atoms with E-state index in [2.05, 4.69) is 20.4 Å². The van der Waals surface area contributed by atoms with E-state index in [-0.39, 0.29) is 11.4 Å². The van der Waals surface area contributed by atoms with E-state index in [1.165, 1.54) is 10.5 Å². The van der Waals surface area contributed by atoms with Crippen molar-refractivity contribution >= 4 is 32.4 Å². The monoisotopic (exact) mass is 421 g/mol. The fourth-order valence-electron chi connectivity index (χ4n) is 3.73. The smallest absolute Gasteiger partial charge is 0.248 e. The molecule has 8 nitrogen and oxygen atoms in total. The molecule has 1 aliphatic rings. The average Bonchev–Trinajstić information content (AvgIpc) is 3.20. The van der Waals surface area contributed by atoms with E-state index in [0.29, 0.717) is 18.7 Å². The topological polar surface area (TPSA) is 101 Å². The summed E-state index contributed by atoms with van der Waals surface area (Å²) in [5.41, 5.74) is 3.70. The highest BCUT2D eigenvalue weighted by Gasteiger charge is 2.32. The highest BCUT2D eigenvalue weighted by atomic mass is 32.2. The predicted molar refractivity (Wildman–Crippen MR) is 112 cm³/mol. The first-order chi connectivity index (χ1) is 14.5. The van der Waals surface area contributed by atoms with Crippen LogP contribution >= 0.6 is 0 Å². The highest BCUT2D eigenvalue weighted by Crippen LogP contribution is 2.30. The van der Waals surface area contributed by atoms with Gasteiger partial charge in [0.25, 0.3) is 0 Å². The van der Waals surface area contributed by atoms with Gasteiger partial charge in [-0.05, 0) is 37.1 Å². The summed E-state index contributed by atoms with van der Waals surface area (Å²) in [6.07, 6.45) is 5.27. The van der Waals surface area contributed by atoms with Gasteiger partial charge in [-0.3, -0.25) is 4.98 Å². The maximum atomic E-state index is 13.0. The molecule has 0 amide bonds. The fraction of sp³-hybridized carbons (Fsp3) is 0.190. The Morgan fingerprint density at radius 2 is 2.00 bits per heavy atom. The Kier molecular flexibility index (Phi) is 4.48. The van der Waals surface area contributed by atoms with E-state index in [4.69, 9.17) is 4.52 Å². The molecule has 0 radical (unpaired) electrons. The molecular weight excluding hydrogens is 402 g/mol. The number of rotatable bonds is 4. The number of nitrogens with one attached hydrogen (secondary N) is 1. The van der Waals surface area contributed by atoms with Crippen LogP contribution in [0, 0.1) is 6.92 Å². The normalized spacial score (nSPS) is 14.6. The van der Waals surface area contributed by atoms with Gasteiger partial charge >= 0.3 is 0 Å². The zero-order chi connectivity index (χ0) is 20.7. The minimum atomic E-state index is -3.66. The van der Waals surface area contributed by atoms with Crippen molar-refractivity contribution in [2.45, 2.75) is 24.8 Å². The van der Waals surface area contributed by atoms with Gasteiger partial charge in [0.15, 0.2) is 5.76 Å². The van der Waals surface area contributed by atoms with Gasteiger partial charge < -0.3 is 9.84 Å². The first-order valence-electron chi connectivity index (χ1n) is 9.52. The highest BCUT2D eigenvalue weighted by molar-refractivity contribution is 7.89.